The average molecular weight is 360 g/mol. The molecule has 2 rings (SSSR count). The predicted octanol–water partition coefficient (Wildman–Crippen LogP) is 2.77. The van der Waals surface area contributed by atoms with Gasteiger partial charge in [0.25, 0.3) is 0 Å². The van der Waals surface area contributed by atoms with Crippen LogP contribution in [0.1, 0.15) is 13.3 Å². The van der Waals surface area contributed by atoms with E-state index >= 15 is 0 Å². The summed E-state index contributed by atoms with van der Waals surface area (Å²) >= 11 is 11.9. The van der Waals surface area contributed by atoms with Crippen molar-refractivity contribution >= 4 is 45.6 Å². The molecule has 2 unspecified atom stereocenters. The highest BCUT2D eigenvalue weighted by molar-refractivity contribution is 7.89. The lowest BCUT2D eigenvalue weighted by atomic mass is 10.1. The number of benzene rings is 1. The first kappa shape index (κ1) is 18.0. The van der Waals surface area contributed by atoms with Crippen molar-refractivity contribution < 1.29 is 8.42 Å². The van der Waals surface area contributed by atoms with Gasteiger partial charge in [0.05, 0.1) is 10.0 Å². The molecule has 0 amide bonds. The molecule has 2 atom stereocenters. The standard InChI is InChI=1S/C12H16Cl2N2O2S.ClH/c1-8-5-9(6-15)7-16(8)19(17,18)11-4-2-3-10(13)12(11)14;/h2-4,8-9H,5-7,15H2,1H3;1H. The smallest absolute Gasteiger partial charge is 0.244 e. The van der Waals surface area contributed by atoms with Crippen molar-refractivity contribution in [1.82, 2.24) is 4.31 Å². The molecule has 0 bridgehead atoms. The molecule has 2 N–H and O–H groups in total. The highest BCUT2D eigenvalue weighted by Crippen LogP contribution is 2.34. The zero-order chi connectivity index (χ0) is 14.2. The summed E-state index contributed by atoms with van der Waals surface area (Å²) in [6.45, 7) is 2.80. The fourth-order valence-corrected chi connectivity index (χ4v) is 4.88. The van der Waals surface area contributed by atoms with Crippen molar-refractivity contribution in [2.24, 2.45) is 11.7 Å². The van der Waals surface area contributed by atoms with Crippen LogP contribution in [-0.2, 0) is 10.0 Å². The quantitative estimate of drug-likeness (QED) is 0.902. The molecule has 0 spiro atoms. The molecule has 1 aliphatic rings. The summed E-state index contributed by atoms with van der Waals surface area (Å²) in [7, 11) is -3.62. The Morgan fingerprint density at radius 3 is 2.60 bits per heavy atom. The number of sulfonamides is 1. The van der Waals surface area contributed by atoms with Crippen molar-refractivity contribution in [2.45, 2.75) is 24.3 Å². The maximum atomic E-state index is 12.6. The van der Waals surface area contributed by atoms with Gasteiger partial charge in [-0.3, -0.25) is 0 Å². The van der Waals surface area contributed by atoms with E-state index in [1.165, 1.54) is 10.4 Å². The largest absolute Gasteiger partial charge is 0.330 e. The Kier molecular flexibility index (Phi) is 6.14. The van der Waals surface area contributed by atoms with Crippen molar-refractivity contribution in [1.29, 1.82) is 0 Å². The molecule has 8 heteroatoms. The van der Waals surface area contributed by atoms with Gasteiger partial charge in [-0.1, -0.05) is 29.3 Å². The third-order valence-corrected chi connectivity index (χ3v) is 6.39. The first-order chi connectivity index (χ1) is 8.87. The molecule has 1 saturated heterocycles. The van der Waals surface area contributed by atoms with Crippen LogP contribution in [0, 0.1) is 5.92 Å². The second-order valence-corrected chi connectivity index (χ2v) is 7.46. The molecule has 1 aromatic carbocycles. The van der Waals surface area contributed by atoms with Crippen LogP contribution < -0.4 is 5.73 Å². The van der Waals surface area contributed by atoms with Gasteiger partial charge < -0.3 is 5.73 Å². The number of hydrogen-bond acceptors (Lipinski definition) is 3. The molecule has 1 aromatic rings. The Labute approximate surface area is 135 Å². The summed E-state index contributed by atoms with van der Waals surface area (Å²) in [5.74, 6) is 0.197. The Morgan fingerprint density at radius 1 is 1.40 bits per heavy atom. The van der Waals surface area contributed by atoms with Crippen LogP contribution in [0.25, 0.3) is 0 Å². The van der Waals surface area contributed by atoms with Crippen LogP contribution in [0.15, 0.2) is 23.1 Å². The molecule has 1 aliphatic heterocycles. The van der Waals surface area contributed by atoms with Crippen LogP contribution in [0.5, 0.6) is 0 Å². The van der Waals surface area contributed by atoms with Gasteiger partial charge in [0, 0.05) is 12.6 Å². The number of nitrogens with zero attached hydrogens (tertiary/aromatic N) is 1. The molecule has 0 radical (unpaired) electrons. The summed E-state index contributed by atoms with van der Waals surface area (Å²) in [6.07, 6.45) is 0.772. The highest BCUT2D eigenvalue weighted by Gasteiger charge is 2.38. The van der Waals surface area contributed by atoms with Crippen LogP contribution in [0.4, 0.5) is 0 Å². The number of halogens is 3. The lowest BCUT2D eigenvalue weighted by Crippen LogP contribution is -2.34. The molecular weight excluding hydrogens is 343 g/mol. The molecule has 1 fully saturated rings. The monoisotopic (exact) mass is 358 g/mol. The van der Waals surface area contributed by atoms with Crippen molar-refractivity contribution in [3.63, 3.8) is 0 Å². The van der Waals surface area contributed by atoms with Crippen LogP contribution >= 0.6 is 35.6 Å². The van der Waals surface area contributed by atoms with Gasteiger partial charge in [0.1, 0.15) is 4.90 Å². The van der Waals surface area contributed by atoms with E-state index in [1.807, 2.05) is 6.92 Å². The van der Waals surface area contributed by atoms with E-state index in [2.05, 4.69) is 0 Å². The van der Waals surface area contributed by atoms with Crippen molar-refractivity contribution in [3.05, 3.63) is 28.2 Å². The van der Waals surface area contributed by atoms with Gasteiger partial charge in [-0.25, -0.2) is 8.42 Å². The van der Waals surface area contributed by atoms with E-state index in [1.54, 1.807) is 12.1 Å². The molecule has 0 aromatic heterocycles. The normalized spacial score (nSPS) is 23.6. The maximum absolute atomic E-state index is 12.6. The van der Waals surface area contributed by atoms with Gasteiger partial charge >= 0.3 is 0 Å². The second-order valence-electron chi connectivity index (χ2n) is 4.81. The van der Waals surface area contributed by atoms with Crippen LogP contribution in [-0.4, -0.2) is 31.9 Å². The summed E-state index contributed by atoms with van der Waals surface area (Å²) in [4.78, 5) is 0.0613. The van der Waals surface area contributed by atoms with Crippen LogP contribution in [0.2, 0.25) is 10.0 Å². The Morgan fingerprint density at radius 2 is 2.05 bits per heavy atom. The average Bonchev–Trinajstić information content (AvgIpc) is 2.74. The molecular formula is C12H17Cl3N2O2S. The molecule has 4 nitrogen and oxygen atoms in total. The maximum Gasteiger partial charge on any atom is 0.244 e. The third kappa shape index (κ3) is 3.24. The lowest BCUT2D eigenvalue weighted by molar-refractivity contribution is 0.404. The molecule has 0 aliphatic carbocycles. The summed E-state index contributed by atoms with van der Waals surface area (Å²) < 4.78 is 26.7. The zero-order valence-corrected chi connectivity index (χ0v) is 14.1. The fraction of sp³-hybridized carbons (Fsp3) is 0.500. The summed E-state index contributed by atoms with van der Waals surface area (Å²) in [5.41, 5.74) is 5.63. The van der Waals surface area contributed by atoms with E-state index in [0.29, 0.717) is 13.1 Å². The lowest BCUT2D eigenvalue weighted by Gasteiger charge is -2.21. The summed E-state index contributed by atoms with van der Waals surface area (Å²) in [6, 6.07) is 4.56. The van der Waals surface area contributed by atoms with Crippen LogP contribution in [0.3, 0.4) is 0 Å². The SMILES string of the molecule is CC1CC(CN)CN1S(=O)(=O)c1cccc(Cl)c1Cl.Cl. The van der Waals surface area contributed by atoms with E-state index in [9.17, 15) is 8.42 Å². The van der Waals surface area contributed by atoms with Gasteiger partial charge in [-0.05, 0) is 37.9 Å². The number of rotatable bonds is 3. The Balaban J connectivity index is 0.00000200. The van der Waals surface area contributed by atoms with E-state index in [-0.39, 0.29) is 39.3 Å². The molecule has 114 valence electrons. The number of nitrogens with two attached hydrogens (primary N) is 1. The zero-order valence-electron chi connectivity index (χ0n) is 10.9. The van der Waals surface area contributed by atoms with Gasteiger partial charge in [0.2, 0.25) is 10.0 Å². The number of hydrogen-bond donors (Lipinski definition) is 1. The fourth-order valence-electron chi connectivity index (χ4n) is 2.42. The van der Waals surface area contributed by atoms with Crippen molar-refractivity contribution in [3.8, 4) is 0 Å². The first-order valence-corrected chi connectivity index (χ1v) is 8.23. The third-order valence-electron chi connectivity index (χ3n) is 3.44. The Hall–Kier alpha value is -0.0400. The van der Waals surface area contributed by atoms with E-state index in [0.717, 1.165) is 6.42 Å². The second kappa shape index (κ2) is 6.81. The van der Waals surface area contributed by atoms with Gasteiger partial charge in [0.15, 0.2) is 0 Å². The first-order valence-electron chi connectivity index (χ1n) is 6.04. The van der Waals surface area contributed by atoms with Crippen molar-refractivity contribution in [2.75, 3.05) is 13.1 Å². The highest BCUT2D eigenvalue weighted by atomic mass is 35.5. The van der Waals surface area contributed by atoms with Gasteiger partial charge in [-0.2, -0.15) is 4.31 Å². The Bertz CT molecular complexity index is 580. The minimum absolute atomic E-state index is 0. The topological polar surface area (TPSA) is 63.4 Å². The van der Waals surface area contributed by atoms with E-state index in [4.69, 9.17) is 28.9 Å². The molecule has 20 heavy (non-hydrogen) atoms. The van der Waals surface area contributed by atoms with E-state index < -0.39 is 10.0 Å². The summed E-state index contributed by atoms with van der Waals surface area (Å²) in [5, 5.41) is 0.317. The predicted molar refractivity (Wildman–Crippen MR) is 84.2 cm³/mol. The molecule has 0 saturated carbocycles. The minimum atomic E-state index is -3.62. The molecule has 1 heterocycles. The minimum Gasteiger partial charge on any atom is -0.330 e. The van der Waals surface area contributed by atoms with Gasteiger partial charge in [-0.15, -0.1) is 12.4 Å².